The zero-order chi connectivity index (χ0) is 11.6. The molecule has 15 heavy (non-hydrogen) atoms. The molecule has 0 aromatic heterocycles. The number of benzene rings is 1. The Bertz CT molecular complexity index is 377. The van der Waals surface area contributed by atoms with Crippen LogP contribution in [0.5, 0.6) is 5.75 Å². The van der Waals surface area contributed by atoms with E-state index in [2.05, 4.69) is 0 Å². The fraction of sp³-hybridized carbons (Fsp3) is 0.364. The Morgan fingerprint density at radius 2 is 2.07 bits per heavy atom. The molecule has 0 heterocycles. The molecule has 1 amide bonds. The van der Waals surface area contributed by atoms with E-state index in [0.717, 1.165) is 0 Å². The molecule has 0 aliphatic heterocycles. The Hall–Kier alpha value is -1.22. The Labute approximate surface area is 94.3 Å². The third-order valence-corrected chi connectivity index (χ3v) is 2.59. The summed E-state index contributed by atoms with van der Waals surface area (Å²) in [4.78, 5) is 13.4. The molecule has 1 aromatic rings. The molecule has 0 aliphatic carbocycles. The Morgan fingerprint density at radius 3 is 2.53 bits per heavy atom. The second kappa shape index (κ2) is 4.53. The van der Waals surface area contributed by atoms with Crippen LogP contribution in [0, 0.1) is 0 Å². The summed E-state index contributed by atoms with van der Waals surface area (Å²) < 4.78 is 0. The number of hydrogen-bond donors (Lipinski definition) is 1. The Kier molecular flexibility index (Phi) is 3.58. The molecule has 1 rings (SSSR count). The molecule has 0 atom stereocenters. The fourth-order valence-electron chi connectivity index (χ4n) is 1.08. The highest BCUT2D eigenvalue weighted by molar-refractivity contribution is 6.32. The normalized spacial score (nSPS) is 10.5. The van der Waals surface area contributed by atoms with E-state index < -0.39 is 0 Å². The van der Waals surface area contributed by atoms with Crippen LogP contribution >= 0.6 is 11.6 Å². The first-order valence-electron chi connectivity index (χ1n) is 4.69. The van der Waals surface area contributed by atoms with Gasteiger partial charge in [-0.2, -0.15) is 0 Å². The quantitative estimate of drug-likeness (QED) is 0.844. The van der Waals surface area contributed by atoms with Gasteiger partial charge in [0.05, 0.1) is 5.02 Å². The Morgan fingerprint density at radius 1 is 1.47 bits per heavy atom. The summed E-state index contributed by atoms with van der Waals surface area (Å²) in [6.07, 6.45) is 0. The van der Waals surface area contributed by atoms with Gasteiger partial charge in [-0.15, -0.1) is 0 Å². The van der Waals surface area contributed by atoms with E-state index in [1.807, 2.05) is 13.8 Å². The number of rotatable bonds is 2. The van der Waals surface area contributed by atoms with Crippen LogP contribution in [0.1, 0.15) is 24.2 Å². The lowest BCUT2D eigenvalue weighted by molar-refractivity contribution is 0.0755. The molecule has 4 heteroatoms. The van der Waals surface area contributed by atoms with E-state index in [4.69, 9.17) is 11.6 Å². The van der Waals surface area contributed by atoms with Crippen LogP contribution in [0.4, 0.5) is 0 Å². The van der Waals surface area contributed by atoms with E-state index in [1.165, 1.54) is 12.1 Å². The predicted molar refractivity (Wildman–Crippen MR) is 60.3 cm³/mol. The lowest BCUT2D eigenvalue weighted by Gasteiger charge is -2.21. The average molecular weight is 228 g/mol. The van der Waals surface area contributed by atoms with Crippen LogP contribution in [-0.4, -0.2) is 29.0 Å². The smallest absolute Gasteiger partial charge is 0.253 e. The largest absolute Gasteiger partial charge is 0.506 e. The van der Waals surface area contributed by atoms with Crippen molar-refractivity contribution in [3.8, 4) is 5.75 Å². The molecular weight excluding hydrogens is 214 g/mol. The summed E-state index contributed by atoms with van der Waals surface area (Å²) in [5, 5.41) is 9.41. The molecule has 3 nitrogen and oxygen atoms in total. The van der Waals surface area contributed by atoms with Crippen LogP contribution in [0.3, 0.4) is 0 Å². The number of hydrogen-bond acceptors (Lipinski definition) is 2. The van der Waals surface area contributed by atoms with E-state index in [0.29, 0.717) is 5.56 Å². The summed E-state index contributed by atoms with van der Waals surface area (Å²) in [7, 11) is 1.73. The molecule has 1 aromatic carbocycles. The summed E-state index contributed by atoms with van der Waals surface area (Å²) in [5.74, 6) is -0.118. The van der Waals surface area contributed by atoms with Crippen molar-refractivity contribution in [2.45, 2.75) is 19.9 Å². The van der Waals surface area contributed by atoms with Gasteiger partial charge >= 0.3 is 0 Å². The van der Waals surface area contributed by atoms with E-state index >= 15 is 0 Å². The van der Waals surface area contributed by atoms with Crippen molar-refractivity contribution in [1.29, 1.82) is 0 Å². The van der Waals surface area contributed by atoms with Crippen molar-refractivity contribution < 1.29 is 9.90 Å². The van der Waals surface area contributed by atoms with Gasteiger partial charge in [0.25, 0.3) is 5.91 Å². The van der Waals surface area contributed by atoms with Crippen LogP contribution in [0.15, 0.2) is 18.2 Å². The number of halogens is 1. The molecule has 0 aliphatic rings. The molecule has 0 saturated carbocycles. The first-order valence-corrected chi connectivity index (χ1v) is 5.07. The number of phenols is 1. The van der Waals surface area contributed by atoms with Gasteiger partial charge in [-0.05, 0) is 32.0 Å². The summed E-state index contributed by atoms with van der Waals surface area (Å²) in [6.45, 7) is 3.86. The number of nitrogens with zero attached hydrogens (tertiary/aromatic N) is 1. The maximum absolute atomic E-state index is 11.8. The van der Waals surface area contributed by atoms with E-state index in [1.54, 1.807) is 18.0 Å². The third kappa shape index (κ3) is 2.63. The van der Waals surface area contributed by atoms with Crippen molar-refractivity contribution in [2.75, 3.05) is 7.05 Å². The highest BCUT2D eigenvalue weighted by Crippen LogP contribution is 2.24. The first-order chi connectivity index (χ1) is 6.93. The predicted octanol–water partition coefficient (Wildman–Crippen LogP) is 2.53. The van der Waals surface area contributed by atoms with Gasteiger partial charge in [-0.1, -0.05) is 11.6 Å². The van der Waals surface area contributed by atoms with Gasteiger partial charge in [0.1, 0.15) is 5.75 Å². The second-order valence-electron chi connectivity index (χ2n) is 3.68. The van der Waals surface area contributed by atoms with Gasteiger partial charge in [-0.3, -0.25) is 4.79 Å². The fourth-order valence-corrected chi connectivity index (χ4v) is 1.26. The number of amides is 1. The molecular formula is C11H14ClNO2. The third-order valence-electron chi connectivity index (χ3n) is 2.29. The molecule has 1 N–H and O–H groups in total. The summed E-state index contributed by atoms with van der Waals surface area (Å²) in [6, 6.07) is 4.58. The second-order valence-corrected chi connectivity index (χ2v) is 4.08. The summed E-state index contributed by atoms with van der Waals surface area (Å²) in [5.41, 5.74) is 0.481. The van der Waals surface area contributed by atoms with Crippen LogP contribution in [0.2, 0.25) is 5.02 Å². The number of aromatic hydroxyl groups is 1. The minimum atomic E-state index is -0.105. The number of carbonyl (C=O) groups is 1. The molecule has 0 unspecified atom stereocenters. The minimum Gasteiger partial charge on any atom is -0.506 e. The molecule has 0 fully saturated rings. The molecule has 82 valence electrons. The highest BCUT2D eigenvalue weighted by atomic mass is 35.5. The van der Waals surface area contributed by atoms with Crippen molar-refractivity contribution in [3.63, 3.8) is 0 Å². The first kappa shape index (κ1) is 11.9. The monoisotopic (exact) mass is 227 g/mol. The van der Waals surface area contributed by atoms with Gasteiger partial charge in [0.2, 0.25) is 0 Å². The molecule has 0 spiro atoms. The number of carbonyl (C=O) groups excluding carboxylic acids is 1. The van der Waals surface area contributed by atoms with Crippen molar-refractivity contribution in [3.05, 3.63) is 28.8 Å². The van der Waals surface area contributed by atoms with Crippen molar-refractivity contribution in [2.24, 2.45) is 0 Å². The topological polar surface area (TPSA) is 40.5 Å². The minimum absolute atomic E-state index is 0.0135. The van der Waals surface area contributed by atoms with Gasteiger partial charge in [0, 0.05) is 18.7 Å². The van der Waals surface area contributed by atoms with Crippen LogP contribution < -0.4 is 0 Å². The SMILES string of the molecule is CC(C)N(C)C(=O)c1ccc(O)c(Cl)c1. The van der Waals surface area contributed by atoms with Crippen molar-refractivity contribution >= 4 is 17.5 Å². The Balaban J connectivity index is 2.97. The maximum Gasteiger partial charge on any atom is 0.253 e. The van der Waals surface area contributed by atoms with Crippen LogP contribution in [-0.2, 0) is 0 Å². The maximum atomic E-state index is 11.8. The van der Waals surface area contributed by atoms with Gasteiger partial charge < -0.3 is 10.0 Å². The van der Waals surface area contributed by atoms with Crippen molar-refractivity contribution in [1.82, 2.24) is 4.90 Å². The van der Waals surface area contributed by atoms with Crippen LogP contribution in [0.25, 0.3) is 0 Å². The molecule has 0 saturated heterocycles. The molecule has 0 bridgehead atoms. The van der Waals surface area contributed by atoms with E-state index in [-0.39, 0.29) is 22.7 Å². The average Bonchev–Trinajstić information content (AvgIpc) is 2.19. The zero-order valence-electron chi connectivity index (χ0n) is 8.99. The lowest BCUT2D eigenvalue weighted by Crippen LogP contribution is -2.32. The lowest BCUT2D eigenvalue weighted by atomic mass is 10.2. The van der Waals surface area contributed by atoms with Gasteiger partial charge in [-0.25, -0.2) is 0 Å². The standard InChI is InChI=1S/C11H14ClNO2/c1-7(2)13(3)11(15)8-4-5-10(14)9(12)6-8/h4-7,14H,1-3H3. The van der Waals surface area contributed by atoms with E-state index in [9.17, 15) is 9.90 Å². The van der Waals surface area contributed by atoms with Gasteiger partial charge in [0.15, 0.2) is 0 Å². The summed E-state index contributed by atoms with van der Waals surface area (Å²) >= 11 is 5.72. The highest BCUT2D eigenvalue weighted by Gasteiger charge is 2.15. The zero-order valence-corrected chi connectivity index (χ0v) is 9.75. The number of phenolic OH excluding ortho intramolecular Hbond substituents is 1. The molecule has 0 radical (unpaired) electrons.